The molecular weight excluding hydrogens is 236 g/mol. The van der Waals surface area contributed by atoms with Gasteiger partial charge in [0.15, 0.2) is 9.84 Å². The first-order valence-electron chi connectivity index (χ1n) is 6.87. The fourth-order valence-electron chi connectivity index (χ4n) is 4.56. The summed E-state index contributed by atoms with van der Waals surface area (Å²) in [6, 6.07) is 0.916. The van der Waals surface area contributed by atoms with Crippen molar-refractivity contribution in [3.8, 4) is 0 Å². The molecule has 4 saturated heterocycles. The van der Waals surface area contributed by atoms with Crippen LogP contribution < -0.4 is 10.6 Å². The molecule has 4 fully saturated rings. The van der Waals surface area contributed by atoms with E-state index < -0.39 is 19.6 Å². The molecular formula is C12H20N2O2S. The molecule has 4 aliphatic rings. The highest BCUT2D eigenvalue weighted by molar-refractivity contribution is 7.94. The SMILES string of the molecule is O=S(=O)(C12CCC(CC1)N2)C12CCC(CC1)N2. The van der Waals surface area contributed by atoms with E-state index in [9.17, 15) is 8.42 Å². The third-order valence-corrected chi connectivity index (χ3v) is 8.66. The molecule has 0 amide bonds. The molecule has 0 saturated carbocycles. The molecule has 0 aromatic carbocycles. The van der Waals surface area contributed by atoms with Gasteiger partial charge < -0.3 is 0 Å². The molecule has 4 nitrogen and oxygen atoms in total. The summed E-state index contributed by atoms with van der Waals surface area (Å²) in [5, 5.41) is 6.82. The molecule has 0 aromatic rings. The first-order valence-corrected chi connectivity index (χ1v) is 8.35. The van der Waals surface area contributed by atoms with Crippen LogP contribution in [0.3, 0.4) is 0 Å². The number of hydrogen-bond donors (Lipinski definition) is 2. The molecule has 4 heterocycles. The molecule has 4 aliphatic heterocycles. The Morgan fingerprint density at radius 2 is 1.12 bits per heavy atom. The Bertz CT molecular complexity index is 407. The lowest BCUT2D eigenvalue weighted by molar-refractivity contribution is 0.424. The van der Waals surface area contributed by atoms with E-state index in [1.54, 1.807) is 0 Å². The van der Waals surface area contributed by atoms with E-state index in [0.29, 0.717) is 12.1 Å². The van der Waals surface area contributed by atoms with Crippen LogP contribution in [0.25, 0.3) is 0 Å². The minimum atomic E-state index is -3.10. The zero-order chi connectivity index (χ0) is 11.7. The summed E-state index contributed by atoms with van der Waals surface area (Å²) in [5.41, 5.74) is 0. The topological polar surface area (TPSA) is 58.2 Å². The smallest absolute Gasteiger partial charge is 0.187 e. The van der Waals surface area contributed by atoms with Crippen LogP contribution in [0.5, 0.6) is 0 Å². The van der Waals surface area contributed by atoms with Gasteiger partial charge in [0.25, 0.3) is 0 Å². The Morgan fingerprint density at radius 3 is 1.35 bits per heavy atom. The second-order valence-corrected chi connectivity index (χ2v) is 8.90. The highest BCUT2D eigenvalue weighted by Crippen LogP contribution is 2.51. The van der Waals surface area contributed by atoms with Gasteiger partial charge in [-0.1, -0.05) is 0 Å². The van der Waals surface area contributed by atoms with Gasteiger partial charge in [-0.15, -0.1) is 0 Å². The average molecular weight is 256 g/mol. The van der Waals surface area contributed by atoms with Crippen LogP contribution in [0, 0.1) is 0 Å². The van der Waals surface area contributed by atoms with Crippen molar-refractivity contribution >= 4 is 9.84 Å². The lowest BCUT2D eigenvalue weighted by atomic mass is 10.00. The molecule has 17 heavy (non-hydrogen) atoms. The van der Waals surface area contributed by atoms with Crippen molar-refractivity contribution in [2.75, 3.05) is 0 Å². The Hall–Kier alpha value is -0.130. The molecule has 0 unspecified atom stereocenters. The van der Waals surface area contributed by atoms with Gasteiger partial charge in [-0.25, -0.2) is 8.42 Å². The van der Waals surface area contributed by atoms with Crippen LogP contribution in [0.1, 0.15) is 51.4 Å². The largest absolute Gasteiger partial charge is 0.296 e. The van der Waals surface area contributed by atoms with E-state index in [-0.39, 0.29) is 0 Å². The van der Waals surface area contributed by atoms with E-state index >= 15 is 0 Å². The molecule has 4 bridgehead atoms. The Balaban J connectivity index is 1.77. The summed E-state index contributed by atoms with van der Waals surface area (Å²) in [4.78, 5) is -1.16. The van der Waals surface area contributed by atoms with Gasteiger partial charge in [-0.05, 0) is 51.4 Å². The minimum absolute atomic E-state index is 0.458. The van der Waals surface area contributed by atoms with Crippen LogP contribution >= 0.6 is 0 Å². The van der Waals surface area contributed by atoms with Crippen LogP contribution in [-0.2, 0) is 9.84 Å². The fraction of sp³-hybridized carbons (Fsp3) is 1.00. The molecule has 2 N–H and O–H groups in total. The maximum atomic E-state index is 13.1. The normalized spacial score (nSPS) is 52.5. The number of sulfone groups is 1. The summed E-state index contributed by atoms with van der Waals surface area (Å²) < 4.78 is 26.1. The molecule has 4 rings (SSSR count). The zero-order valence-corrected chi connectivity index (χ0v) is 10.9. The quantitative estimate of drug-likeness (QED) is 0.770. The van der Waals surface area contributed by atoms with Gasteiger partial charge in [0, 0.05) is 12.1 Å². The van der Waals surface area contributed by atoms with Gasteiger partial charge in [0.05, 0.1) is 0 Å². The van der Waals surface area contributed by atoms with Crippen molar-refractivity contribution in [1.82, 2.24) is 10.6 Å². The van der Waals surface area contributed by atoms with Crippen molar-refractivity contribution in [3.63, 3.8) is 0 Å². The second kappa shape index (κ2) is 3.06. The van der Waals surface area contributed by atoms with E-state index in [4.69, 9.17) is 0 Å². The van der Waals surface area contributed by atoms with Crippen LogP contribution in [0.2, 0.25) is 0 Å². The Kier molecular flexibility index (Phi) is 1.94. The number of fused-ring (bicyclic) bond motifs is 4. The van der Waals surface area contributed by atoms with Crippen molar-refractivity contribution in [2.45, 2.75) is 73.2 Å². The van der Waals surface area contributed by atoms with Crippen molar-refractivity contribution in [2.24, 2.45) is 0 Å². The van der Waals surface area contributed by atoms with Gasteiger partial charge in [0.2, 0.25) is 0 Å². The van der Waals surface area contributed by atoms with Crippen LogP contribution in [-0.4, -0.2) is 30.2 Å². The minimum Gasteiger partial charge on any atom is -0.296 e. The summed E-state index contributed by atoms with van der Waals surface area (Å²) >= 11 is 0. The Labute approximate surface area is 102 Å². The number of hydrogen-bond acceptors (Lipinski definition) is 4. The average Bonchev–Trinajstić information content (AvgIpc) is 3.09. The maximum absolute atomic E-state index is 13.1. The van der Waals surface area contributed by atoms with Gasteiger partial charge >= 0.3 is 0 Å². The highest BCUT2D eigenvalue weighted by Gasteiger charge is 2.64. The molecule has 0 spiro atoms. The van der Waals surface area contributed by atoms with Crippen LogP contribution in [0.4, 0.5) is 0 Å². The van der Waals surface area contributed by atoms with E-state index in [0.717, 1.165) is 51.4 Å². The first kappa shape index (κ1) is 10.8. The zero-order valence-electron chi connectivity index (χ0n) is 10.0. The van der Waals surface area contributed by atoms with Gasteiger partial charge in [0.1, 0.15) is 9.74 Å². The van der Waals surface area contributed by atoms with Gasteiger partial charge in [-0.2, -0.15) is 0 Å². The summed E-state index contributed by atoms with van der Waals surface area (Å²) in [7, 11) is -3.10. The fourth-order valence-corrected chi connectivity index (χ4v) is 7.49. The van der Waals surface area contributed by atoms with Crippen molar-refractivity contribution in [3.05, 3.63) is 0 Å². The standard InChI is InChI=1S/C12H20N2O2S/c15-17(16,11-5-1-9(13-11)2-6-11)12-7-3-10(14-12)4-8-12/h9-10,13-14H,1-8H2. The molecule has 0 radical (unpaired) electrons. The maximum Gasteiger partial charge on any atom is 0.187 e. The van der Waals surface area contributed by atoms with E-state index in [1.165, 1.54) is 0 Å². The highest BCUT2D eigenvalue weighted by atomic mass is 32.2. The Morgan fingerprint density at radius 1 is 0.765 bits per heavy atom. The molecule has 0 atom stereocenters. The lowest BCUT2D eigenvalue weighted by Crippen LogP contribution is -2.58. The number of rotatable bonds is 2. The second-order valence-electron chi connectivity index (χ2n) is 6.33. The van der Waals surface area contributed by atoms with E-state index in [1.807, 2.05) is 0 Å². The molecule has 0 aliphatic carbocycles. The summed E-state index contributed by atoms with van der Waals surface area (Å²) in [6.45, 7) is 0. The van der Waals surface area contributed by atoms with Crippen molar-refractivity contribution < 1.29 is 8.42 Å². The monoisotopic (exact) mass is 256 g/mol. The molecule has 96 valence electrons. The number of nitrogens with one attached hydrogen (secondary N) is 2. The third-order valence-electron chi connectivity index (χ3n) is 5.55. The first-order chi connectivity index (χ1) is 8.07. The predicted molar refractivity (Wildman–Crippen MR) is 65.2 cm³/mol. The van der Waals surface area contributed by atoms with Gasteiger partial charge in [-0.3, -0.25) is 10.6 Å². The summed E-state index contributed by atoms with van der Waals surface area (Å²) in [6.07, 6.45) is 7.47. The lowest BCUT2D eigenvalue weighted by Gasteiger charge is -2.36. The molecule has 5 heteroatoms. The summed E-state index contributed by atoms with van der Waals surface area (Å²) in [5.74, 6) is 0. The molecule has 0 aromatic heterocycles. The third kappa shape index (κ3) is 1.13. The van der Waals surface area contributed by atoms with Crippen LogP contribution in [0.15, 0.2) is 0 Å². The van der Waals surface area contributed by atoms with E-state index in [2.05, 4.69) is 10.6 Å². The predicted octanol–water partition coefficient (Wildman–Crippen LogP) is 0.885. The van der Waals surface area contributed by atoms with Crippen molar-refractivity contribution in [1.29, 1.82) is 0 Å².